The number of carbonyl (C=O) groups is 1. The number of nitrogens with zero attached hydrogens (tertiary/aromatic N) is 1. The number of rotatable bonds is 7. The highest BCUT2D eigenvalue weighted by Crippen LogP contribution is 2.30. The van der Waals surface area contributed by atoms with Crippen LogP contribution < -0.4 is 4.74 Å². The van der Waals surface area contributed by atoms with E-state index in [1.165, 1.54) is 11.1 Å². The van der Waals surface area contributed by atoms with Gasteiger partial charge in [-0.3, -0.25) is 4.79 Å². The summed E-state index contributed by atoms with van der Waals surface area (Å²) >= 11 is 6.38. The molecule has 0 atom stereocenters. The van der Waals surface area contributed by atoms with Crippen molar-refractivity contribution in [1.82, 2.24) is 4.90 Å². The lowest BCUT2D eigenvalue weighted by Crippen LogP contribution is -2.41. The third-order valence-corrected chi connectivity index (χ3v) is 7.01. The summed E-state index contributed by atoms with van der Waals surface area (Å²) in [4.78, 5) is 16.0. The fourth-order valence-corrected chi connectivity index (χ4v) is 5.21. The molecule has 3 nitrogen and oxygen atoms in total. The van der Waals surface area contributed by atoms with Crippen molar-refractivity contribution < 1.29 is 9.53 Å². The molecule has 1 amide bonds. The second kappa shape index (κ2) is 10.4. The average molecular weight is 482 g/mol. The lowest BCUT2D eigenvalue weighted by Gasteiger charge is -2.30. The number of hydrogen-bond acceptors (Lipinski definition) is 2. The van der Waals surface area contributed by atoms with Crippen LogP contribution in [0.1, 0.15) is 22.3 Å². The van der Waals surface area contributed by atoms with Crippen molar-refractivity contribution in [3.05, 3.63) is 124 Å². The quantitative estimate of drug-likeness (QED) is 0.292. The van der Waals surface area contributed by atoms with E-state index in [1.807, 2.05) is 59.5 Å². The van der Waals surface area contributed by atoms with Gasteiger partial charge in [0.15, 0.2) is 0 Å². The minimum absolute atomic E-state index is 0.102. The van der Waals surface area contributed by atoms with Gasteiger partial charge in [-0.25, -0.2) is 0 Å². The molecule has 1 aliphatic rings. The normalized spacial score (nSPS) is 12.9. The third kappa shape index (κ3) is 5.26. The van der Waals surface area contributed by atoms with E-state index in [0.29, 0.717) is 18.0 Å². The standard InChI is InChI=1S/C31H28ClNO2/c1-35-29-13-7-8-22(16-29)21-33(28-18-24-11-5-6-12-25(24)19-28)31(34)20-26-17-27(32)14-15-30(26)23-9-3-2-4-10-23/h2-17,28H,18-21H2,1H3. The zero-order valence-electron chi connectivity index (χ0n) is 19.8. The summed E-state index contributed by atoms with van der Waals surface area (Å²) < 4.78 is 5.43. The van der Waals surface area contributed by atoms with Crippen LogP contribution in [-0.2, 0) is 30.6 Å². The molecule has 0 bridgehead atoms. The first kappa shape index (κ1) is 23.2. The summed E-state index contributed by atoms with van der Waals surface area (Å²) in [5.41, 5.74) is 6.78. The van der Waals surface area contributed by atoms with Crippen molar-refractivity contribution in [3.8, 4) is 16.9 Å². The maximum Gasteiger partial charge on any atom is 0.227 e. The van der Waals surface area contributed by atoms with Crippen LogP contribution in [0.25, 0.3) is 11.1 Å². The van der Waals surface area contributed by atoms with Crippen molar-refractivity contribution >= 4 is 17.5 Å². The molecule has 0 heterocycles. The topological polar surface area (TPSA) is 29.5 Å². The Hall–Kier alpha value is -3.56. The van der Waals surface area contributed by atoms with Crippen molar-refractivity contribution in [3.63, 3.8) is 0 Å². The molecule has 0 saturated carbocycles. The maximum absolute atomic E-state index is 14.0. The van der Waals surface area contributed by atoms with Gasteiger partial charge in [0, 0.05) is 17.6 Å². The van der Waals surface area contributed by atoms with Crippen LogP contribution in [0.4, 0.5) is 0 Å². The van der Waals surface area contributed by atoms with Gasteiger partial charge in [0.25, 0.3) is 0 Å². The highest BCUT2D eigenvalue weighted by Gasteiger charge is 2.30. The molecule has 0 aromatic heterocycles. The summed E-state index contributed by atoms with van der Waals surface area (Å²) in [7, 11) is 1.67. The molecular weight excluding hydrogens is 454 g/mol. The van der Waals surface area contributed by atoms with Crippen LogP contribution in [0.5, 0.6) is 5.75 Å². The molecule has 4 heteroatoms. The van der Waals surface area contributed by atoms with Gasteiger partial charge in [-0.05, 0) is 70.5 Å². The Morgan fingerprint density at radius 3 is 2.31 bits per heavy atom. The fraction of sp³-hybridized carbons (Fsp3) is 0.194. The Labute approximate surface area is 211 Å². The van der Waals surface area contributed by atoms with Crippen molar-refractivity contribution in [2.24, 2.45) is 0 Å². The SMILES string of the molecule is COc1cccc(CN(C(=O)Cc2cc(Cl)ccc2-c2ccccc2)C2Cc3ccccc3C2)c1. The lowest BCUT2D eigenvalue weighted by atomic mass is 9.97. The largest absolute Gasteiger partial charge is 0.497 e. The number of halogens is 1. The molecule has 0 aliphatic heterocycles. The average Bonchev–Trinajstić information content (AvgIpc) is 3.32. The van der Waals surface area contributed by atoms with E-state index < -0.39 is 0 Å². The Morgan fingerprint density at radius 1 is 0.886 bits per heavy atom. The number of hydrogen-bond donors (Lipinski definition) is 0. The van der Waals surface area contributed by atoms with Gasteiger partial charge in [0.05, 0.1) is 13.5 Å². The molecule has 0 unspecified atom stereocenters. The predicted molar refractivity (Wildman–Crippen MR) is 142 cm³/mol. The summed E-state index contributed by atoms with van der Waals surface area (Å²) in [6.07, 6.45) is 2.03. The Morgan fingerprint density at radius 2 is 1.60 bits per heavy atom. The van der Waals surface area contributed by atoms with Gasteiger partial charge in [0.1, 0.15) is 5.75 Å². The number of methoxy groups -OCH3 is 1. The molecule has 5 rings (SSSR count). The first-order chi connectivity index (χ1) is 17.1. The van der Waals surface area contributed by atoms with Crippen LogP contribution in [0, 0.1) is 0 Å². The molecule has 0 spiro atoms. The molecular formula is C31H28ClNO2. The van der Waals surface area contributed by atoms with E-state index in [9.17, 15) is 4.79 Å². The van der Waals surface area contributed by atoms with Crippen LogP contribution in [0.2, 0.25) is 5.02 Å². The van der Waals surface area contributed by atoms with Crippen LogP contribution in [-0.4, -0.2) is 24.0 Å². The molecule has 0 fully saturated rings. The van der Waals surface area contributed by atoms with Crippen LogP contribution in [0.3, 0.4) is 0 Å². The molecule has 176 valence electrons. The third-order valence-electron chi connectivity index (χ3n) is 6.77. The molecule has 4 aromatic carbocycles. The minimum atomic E-state index is 0.102. The van der Waals surface area contributed by atoms with Crippen LogP contribution in [0.15, 0.2) is 97.1 Å². The zero-order chi connectivity index (χ0) is 24.2. The molecule has 4 aromatic rings. The summed E-state index contributed by atoms with van der Waals surface area (Å²) in [6.45, 7) is 0.538. The Kier molecular flexibility index (Phi) is 6.87. The molecule has 35 heavy (non-hydrogen) atoms. The first-order valence-electron chi connectivity index (χ1n) is 11.9. The van der Waals surface area contributed by atoms with E-state index >= 15 is 0 Å². The number of benzene rings is 4. The van der Waals surface area contributed by atoms with Gasteiger partial charge >= 0.3 is 0 Å². The van der Waals surface area contributed by atoms with Crippen LogP contribution >= 0.6 is 11.6 Å². The maximum atomic E-state index is 14.0. The van der Waals surface area contributed by atoms with E-state index in [0.717, 1.165) is 40.8 Å². The molecule has 0 saturated heterocycles. The van der Waals surface area contributed by atoms with Crippen molar-refractivity contribution in [2.75, 3.05) is 7.11 Å². The van der Waals surface area contributed by atoms with Gasteiger partial charge in [-0.1, -0.05) is 84.4 Å². The second-order valence-corrected chi connectivity index (χ2v) is 9.48. The van der Waals surface area contributed by atoms with E-state index in [2.05, 4.69) is 42.5 Å². The lowest BCUT2D eigenvalue weighted by molar-refractivity contribution is -0.133. The molecule has 0 radical (unpaired) electrons. The second-order valence-electron chi connectivity index (χ2n) is 9.05. The summed E-state index contributed by atoms with van der Waals surface area (Å²) in [5, 5.41) is 0.639. The Balaban J connectivity index is 1.46. The van der Waals surface area contributed by atoms with Gasteiger partial charge in [0.2, 0.25) is 5.91 Å². The number of amides is 1. The number of carbonyl (C=O) groups excluding carboxylic acids is 1. The van der Waals surface area contributed by atoms with Gasteiger partial charge in [-0.2, -0.15) is 0 Å². The van der Waals surface area contributed by atoms with Gasteiger partial charge < -0.3 is 9.64 Å². The van der Waals surface area contributed by atoms with E-state index in [-0.39, 0.29) is 11.9 Å². The Bertz CT molecular complexity index is 1310. The van der Waals surface area contributed by atoms with E-state index in [1.54, 1.807) is 7.11 Å². The smallest absolute Gasteiger partial charge is 0.227 e. The van der Waals surface area contributed by atoms with Crippen molar-refractivity contribution in [1.29, 1.82) is 0 Å². The monoisotopic (exact) mass is 481 g/mol. The summed E-state index contributed by atoms with van der Waals surface area (Å²) in [6, 6.07) is 32.6. The fourth-order valence-electron chi connectivity index (χ4n) is 5.02. The molecule has 0 N–H and O–H groups in total. The van der Waals surface area contributed by atoms with Gasteiger partial charge in [-0.15, -0.1) is 0 Å². The highest BCUT2D eigenvalue weighted by atomic mass is 35.5. The number of fused-ring (bicyclic) bond motifs is 1. The zero-order valence-corrected chi connectivity index (χ0v) is 20.5. The first-order valence-corrected chi connectivity index (χ1v) is 12.3. The minimum Gasteiger partial charge on any atom is -0.497 e. The summed E-state index contributed by atoms with van der Waals surface area (Å²) in [5.74, 6) is 0.899. The van der Waals surface area contributed by atoms with Crippen molar-refractivity contribution in [2.45, 2.75) is 31.8 Å². The highest BCUT2D eigenvalue weighted by molar-refractivity contribution is 6.30. The molecule has 1 aliphatic carbocycles. The predicted octanol–water partition coefficient (Wildman–Crippen LogP) is 6.75. The van der Waals surface area contributed by atoms with E-state index in [4.69, 9.17) is 16.3 Å². The number of ether oxygens (including phenoxy) is 1.